The third kappa shape index (κ3) is 6.41. The number of rotatable bonds is 10. The lowest BCUT2D eigenvalue weighted by atomic mass is 10.2. The Kier molecular flexibility index (Phi) is 8.42. The number of nitrogens with zero attached hydrogens (tertiary/aromatic N) is 4. The summed E-state index contributed by atoms with van der Waals surface area (Å²) in [6, 6.07) is 13.2. The van der Waals surface area contributed by atoms with Gasteiger partial charge in [0.05, 0.1) is 23.3 Å². The molecular formula is C24H33ClN7OP. The van der Waals surface area contributed by atoms with E-state index in [0.29, 0.717) is 28.2 Å². The predicted molar refractivity (Wildman–Crippen MR) is 146 cm³/mol. The Balaban J connectivity index is 1.84. The summed E-state index contributed by atoms with van der Waals surface area (Å²) in [4.78, 5) is 8.82. The van der Waals surface area contributed by atoms with Gasteiger partial charge >= 0.3 is 0 Å². The van der Waals surface area contributed by atoms with Crippen molar-refractivity contribution >= 4 is 58.6 Å². The summed E-state index contributed by atoms with van der Waals surface area (Å²) in [5.74, 6) is 0.783. The molecule has 0 amide bonds. The highest BCUT2D eigenvalue weighted by Gasteiger charge is 2.17. The molecule has 182 valence electrons. The zero-order valence-electron chi connectivity index (χ0n) is 20.3. The minimum atomic E-state index is -2.49. The molecule has 4 N–H and O–H groups in total. The number of halogens is 1. The van der Waals surface area contributed by atoms with Gasteiger partial charge in [0.25, 0.3) is 0 Å². The lowest BCUT2D eigenvalue weighted by molar-refractivity contribution is 0.366. The Morgan fingerprint density at radius 1 is 1.12 bits per heavy atom. The van der Waals surface area contributed by atoms with Crippen molar-refractivity contribution in [3.63, 3.8) is 0 Å². The van der Waals surface area contributed by atoms with Crippen LogP contribution < -0.4 is 26.7 Å². The summed E-state index contributed by atoms with van der Waals surface area (Å²) in [6.45, 7) is 6.52. The topological polar surface area (TPSA) is 99.4 Å². The molecule has 0 fully saturated rings. The van der Waals surface area contributed by atoms with Gasteiger partial charge in [-0.3, -0.25) is 0 Å². The van der Waals surface area contributed by atoms with Crippen molar-refractivity contribution in [3.05, 3.63) is 53.7 Å². The first-order chi connectivity index (χ1) is 16.1. The molecule has 0 radical (unpaired) electrons. The van der Waals surface area contributed by atoms with Crippen molar-refractivity contribution in [2.24, 2.45) is 0 Å². The lowest BCUT2D eigenvalue weighted by Gasteiger charge is -2.32. The number of benzene rings is 2. The first kappa shape index (κ1) is 25.8. The number of hydrogen-bond acceptors (Lipinski definition) is 8. The maximum atomic E-state index is 12.7. The van der Waals surface area contributed by atoms with E-state index < -0.39 is 7.14 Å². The van der Waals surface area contributed by atoms with Crippen molar-refractivity contribution in [2.75, 3.05) is 55.3 Å². The van der Waals surface area contributed by atoms with Crippen LogP contribution in [0.5, 0.6) is 0 Å². The van der Waals surface area contributed by atoms with Gasteiger partial charge in [-0.1, -0.05) is 37.1 Å². The van der Waals surface area contributed by atoms with E-state index in [1.807, 2.05) is 61.6 Å². The van der Waals surface area contributed by atoms with Crippen molar-refractivity contribution in [3.8, 4) is 0 Å². The Bertz CT molecular complexity index is 1180. The Labute approximate surface area is 206 Å². The molecule has 1 heterocycles. The summed E-state index contributed by atoms with van der Waals surface area (Å²) in [6.07, 6.45) is 3.70. The summed E-state index contributed by atoms with van der Waals surface area (Å²) < 4.78 is 12.7. The highest BCUT2D eigenvalue weighted by atomic mass is 35.5. The van der Waals surface area contributed by atoms with Gasteiger partial charge in [0.2, 0.25) is 5.95 Å². The summed E-state index contributed by atoms with van der Waals surface area (Å²) in [7, 11) is 1.52. The van der Waals surface area contributed by atoms with Gasteiger partial charge in [0, 0.05) is 31.6 Å². The third-order valence-electron chi connectivity index (χ3n) is 5.25. The Hall–Kier alpha value is -2.80. The van der Waals surface area contributed by atoms with Crippen LogP contribution in [-0.2, 0) is 4.57 Å². The van der Waals surface area contributed by atoms with Crippen LogP contribution in [0.4, 0.5) is 34.5 Å². The molecule has 8 nitrogen and oxygen atoms in total. The molecule has 1 aromatic heterocycles. The van der Waals surface area contributed by atoms with Gasteiger partial charge in [-0.05, 0) is 50.1 Å². The van der Waals surface area contributed by atoms with Crippen LogP contribution in [0.1, 0.15) is 19.8 Å². The average molecular weight is 502 g/mol. The van der Waals surface area contributed by atoms with Crippen molar-refractivity contribution in [1.82, 2.24) is 15.0 Å². The Morgan fingerprint density at radius 2 is 1.85 bits per heavy atom. The maximum Gasteiger partial charge on any atom is 0.229 e. The molecule has 0 aliphatic heterocycles. The molecule has 0 aliphatic carbocycles. The highest BCUT2D eigenvalue weighted by Crippen LogP contribution is 2.38. The summed E-state index contributed by atoms with van der Waals surface area (Å²) in [5.41, 5.74) is 9.45. The van der Waals surface area contributed by atoms with E-state index in [1.54, 1.807) is 13.3 Å². The van der Waals surface area contributed by atoms with E-state index in [9.17, 15) is 4.57 Å². The fourth-order valence-corrected chi connectivity index (χ4v) is 4.83. The van der Waals surface area contributed by atoms with Crippen LogP contribution in [0.25, 0.3) is 0 Å². The number of hydrazine groups is 1. The maximum absolute atomic E-state index is 12.7. The predicted octanol–water partition coefficient (Wildman–Crippen LogP) is 5.53. The molecule has 10 heteroatoms. The summed E-state index contributed by atoms with van der Waals surface area (Å²) >= 11 is 6.35. The van der Waals surface area contributed by atoms with E-state index in [2.05, 4.69) is 32.5 Å². The van der Waals surface area contributed by atoms with Gasteiger partial charge in [0.15, 0.2) is 5.82 Å². The van der Waals surface area contributed by atoms with Crippen molar-refractivity contribution in [1.29, 1.82) is 0 Å². The number of nitrogens with two attached hydrogens (primary N) is 1. The smallest absolute Gasteiger partial charge is 0.229 e. The van der Waals surface area contributed by atoms with Gasteiger partial charge in [0.1, 0.15) is 12.2 Å². The normalized spacial score (nSPS) is 11.5. The number of nitrogen functional groups attached to an aromatic ring is 1. The molecule has 2 aromatic carbocycles. The summed E-state index contributed by atoms with van der Waals surface area (Å²) in [5, 5.41) is 11.7. The minimum absolute atomic E-state index is 0.356. The fourth-order valence-electron chi connectivity index (χ4n) is 3.53. The fraction of sp³-hybridized carbons (Fsp3) is 0.333. The zero-order chi connectivity index (χ0) is 24.9. The lowest BCUT2D eigenvalue weighted by Crippen LogP contribution is -2.38. The van der Waals surface area contributed by atoms with Crippen LogP contribution in [0.15, 0.2) is 48.7 Å². The first-order valence-electron chi connectivity index (χ1n) is 11.2. The number of nitrogens with one attached hydrogen (secondary N) is 2. The van der Waals surface area contributed by atoms with Crippen molar-refractivity contribution < 1.29 is 4.57 Å². The quantitative estimate of drug-likeness (QED) is 0.189. The van der Waals surface area contributed by atoms with Crippen LogP contribution >= 0.6 is 18.7 Å². The molecule has 0 spiro atoms. The SMILES string of the molecule is CCCCN(c1ccc(Nc2ncc(Cl)c(Nc3ccccc3P(C)(C)=O)n2)cc1N)N(C)C. The molecule has 0 saturated heterocycles. The van der Waals surface area contributed by atoms with Crippen LogP contribution in [0.3, 0.4) is 0 Å². The van der Waals surface area contributed by atoms with Crippen LogP contribution in [0.2, 0.25) is 5.02 Å². The number of hydrogen-bond donors (Lipinski definition) is 3. The van der Waals surface area contributed by atoms with Crippen LogP contribution in [-0.4, -0.2) is 48.9 Å². The zero-order valence-corrected chi connectivity index (χ0v) is 22.0. The third-order valence-corrected chi connectivity index (χ3v) is 7.08. The van der Waals surface area contributed by atoms with Gasteiger partial charge in [-0.2, -0.15) is 4.98 Å². The highest BCUT2D eigenvalue weighted by molar-refractivity contribution is 7.70. The second kappa shape index (κ2) is 11.1. The number of para-hydroxylation sites is 1. The van der Waals surface area contributed by atoms with Gasteiger partial charge in [-0.25, -0.2) is 9.99 Å². The molecule has 0 bridgehead atoms. The van der Waals surface area contributed by atoms with Gasteiger partial charge < -0.3 is 25.9 Å². The number of aromatic nitrogens is 2. The Morgan fingerprint density at radius 3 is 2.50 bits per heavy atom. The van der Waals surface area contributed by atoms with E-state index in [1.165, 1.54) is 6.20 Å². The molecular weight excluding hydrogens is 469 g/mol. The molecule has 3 aromatic rings. The minimum Gasteiger partial charge on any atom is -0.397 e. The molecule has 0 atom stereocenters. The second-order valence-electron chi connectivity index (χ2n) is 8.61. The molecule has 34 heavy (non-hydrogen) atoms. The second-order valence-corrected chi connectivity index (χ2v) is 12.2. The largest absolute Gasteiger partial charge is 0.397 e. The monoisotopic (exact) mass is 501 g/mol. The first-order valence-corrected chi connectivity index (χ1v) is 14.1. The van der Waals surface area contributed by atoms with Crippen molar-refractivity contribution in [2.45, 2.75) is 19.8 Å². The number of unbranched alkanes of at least 4 members (excludes halogenated alkanes) is 1. The average Bonchev–Trinajstić information content (AvgIpc) is 2.77. The van der Waals surface area contributed by atoms with Crippen LogP contribution in [0, 0.1) is 0 Å². The standard InChI is InChI=1S/C24H33ClN7OP/c1-6-7-14-32(31(2)3)21-13-12-17(15-19(21)26)28-24-27-16-18(25)23(30-24)29-20-10-8-9-11-22(20)34(4,5)33/h8-13,15-16H,6-7,14,26H2,1-5H3,(H2,27,28,29,30). The van der Waals surface area contributed by atoms with Gasteiger partial charge in [-0.15, -0.1) is 0 Å². The molecule has 3 rings (SSSR count). The molecule has 0 unspecified atom stereocenters. The number of anilines is 6. The molecule has 0 aliphatic rings. The van der Waals surface area contributed by atoms with E-state index in [-0.39, 0.29) is 0 Å². The van der Waals surface area contributed by atoms with E-state index in [0.717, 1.165) is 36.1 Å². The molecule has 0 saturated carbocycles. The van der Waals surface area contributed by atoms with E-state index >= 15 is 0 Å². The van der Waals surface area contributed by atoms with E-state index in [4.69, 9.17) is 17.3 Å².